The minimum absolute atomic E-state index is 0.196. The first kappa shape index (κ1) is 13.4. The third-order valence-electron chi connectivity index (χ3n) is 3.03. The van der Waals surface area contributed by atoms with Crippen molar-refractivity contribution in [2.75, 3.05) is 17.6 Å². The van der Waals surface area contributed by atoms with Gasteiger partial charge in [-0.1, -0.05) is 24.3 Å². The first-order valence-electron chi connectivity index (χ1n) is 6.58. The monoisotopic (exact) mass is 258 g/mol. The molecule has 100 valence electrons. The van der Waals surface area contributed by atoms with Crippen molar-refractivity contribution in [3.63, 3.8) is 0 Å². The SMILES string of the molecule is Nc1cccc(CCCCNc2ccccc2F)c1. The molecule has 0 amide bonds. The van der Waals surface area contributed by atoms with Gasteiger partial charge < -0.3 is 11.1 Å². The van der Waals surface area contributed by atoms with Crippen LogP contribution in [0.1, 0.15) is 18.4 Å². The van der Waals surface area contributed by atoms with Crippen molar-refractivity contribution < 1.29 is 4.39 Å². The minimum Gasteiger partial charge on any atom is -0.399 e. The maximum atomic E-state index is 13.3. The first-order chi connectivity index (χ1) is 9.25. The Bertz CT molecular complexity index is 526. The molecule has 0 heterocycles. The zero-order chi connectivity index (χ0) is 13.5. The van der Waals surface area contributed by atoms with Gasteiger partial charge in [-0.05, 0) is 49.1 Å². The molecule has 0 saturated heterocycles. The van der Waals surface area contributed by atoms with E-state index in [-0.39, 0.29) is 5.82 Å². The van der Waals surface area contributed by atoms with Crippen LogP contribution in [0.15, 0.2) is 48.5 Å². The standard InChI is InChI=1S/C16H19FN2/c17-15-9-1-2-10-16(15)19-11-4-3-6-13-7-5-8-14(18)12-13/h1-2,5,7-10,12,19H,3-4,6,11,18H2. The van der Waals surface area contributed by atoms with Crippen molar-refractivity contribution in [1.82, 2.24) is 0 Å². The smallest absolute Gasteiger partial charge is 0.146 e. The molecule has 0 fully saturated rings. The summed E-state index contributed by atoms with van der Waals surface area (Å²) in [6.45, 7) is 0.781. The van der Waals surface area contributed by atoms with E-state index in [1.54, 1.807) is 12.1 Å². The lowest BCUT2D eigenvalue weighted by atomic mass is 10.1. The molecule has 0 bridgehead atoms. The van der Waals surface area contributed by atoms with Gasteiger partial charge in [0.2, 0.25) is 0 Å². The second-order valence-corrected chi connectivity index (χ2v) is 4.61. The van der Waals surface area contributed by atoms with E-state index < -0.39 is 0 Å². The van der Waals surface area contributed by atoms with Gasteiger partial charge in [0.25, 0.3) is 0 Å². The molecule has 2 nitrogen and oxygen atoms in total. The predicted octanol–water partition coefficient (Wildman–Crippen LogP) is 3.84. The van der Waals surface area contributed by atoms with Gasteiger partial charge in [0, 0.05) is 12.2 Å². The van der Waals surface area contributed by atoms with Gasteiger partial charge in [0.15, 0.2) is 0 Å². The molecule has 0 aliphatic rings. The van der Waals surface area contributed by atoms with Crippen molar-refractivity contribution in [2.45, 2.75) is 19.3 Å². The first-order valence-corrected chi connectivity index (χ1v) is 6.58. The number of hydrogen-bond donors (Lipinski definition) is 2. The normalized spacial score (nSPS) is 10.4. The highest BCUT2D eigenvalue weighted by molar-refractivity contribution is 5.44. The summed E-state index contributed by atoms with van der Waals surface area (Å²) in [4.78, 5) is 0. The second kappa shape index (κ2) is 6.78. The van der Waals surface area contributed by atoms with E-state index in [9.17, 15) is 4.39 Å². The fourth-order valence-electron chi connectivity index (χ4n) is 2.03. The quantitative estimate of drug-likeness (QED) is 0.610. The summed E-state index contributed by atoms with van der Waals surface area (Å²) in [7, 11) is 0. The molecule has 0 saturated carbocycles. The maximum absolute atomic E-state index is 13.3. The van der Waals surface area contributed by atoms with Crippen LogP contribution in [0.5, 0.6) is 0 Å². The van der Waals surface area contributed by atoms with Gasteiger partial charge in [0.1, 0.15) is 5.82 Å². The largest absolute Gasteiger partial charge is 0.399 e. The Hall–Kier alpha value is -2.03. The van der Waals surface area contributed by atoms with E-state index in [1.165, 1.54) is 11.6 Å². The highest BCUT2D eigenvalue weighted by Gasteiger charge is 1.99. The van der Waals surface area contributed by atoms with Crippen LogP contribution in [0.2, 0.25) is 0 Å². The van der Waals surface area contributed by atoms with E-state index in [0.29, 0.717) is 5.69 Å². The fraction of sp³-hybridized carbons (Fsp3) is 0.250. The Labute approximate surface area is 113 Å². The number of nitrogens with two attached hydrogens (primary N) is 1. The van der Waals surface area contributed by atoms with Crippen LogP contribution in [-0.4, -0.2) is 6.54 Å². The summed E-state index contributed by atoms with van der Waals surface area (Å²) >= 11 is 0. The lowest BCUT2D eigenvalue weighted by Crippen LogP contribution is -2.03. The number of para-hydroxylation sites is 1. The van der Waals surface area contributed by atoms with Crippen molar-refractivity contribution in [1.29, 1.82) is 0 Å². The number of nitrogen functional groups attached to an aromatic ring is 1. The summed E-state index contributed by atoms with van der Waals surface area (Å²) in [5.74, 6) is -0.196. The summed E-state index contributed by atoms with van der Waals surface area (Å²) in [6.07, 6.45) is 3.07. The molecule has 0 spiro atoms. The molecule has 0 atom stereocenters. The number of anilines is 2. The molecule has 0 radical (unpaired) electrons. The number of halogens is 1. The Morgan fingerprint density at radius 1 is 1.00 bits per heavy atom. The van der Waals surface area contributed by atoms with Gasteiger partial charge in [-0.3, -0.25) is 0 Å². The third-order valence-corrected chi connectivity index (χ3v) is 3.03. The maximum Gasteiger partial charge on any atom is 0.146 e. The van der Waals surface area contributed by atoms with Crippen LogP contribution in [-0.2, 0) is 6.42 Å². The number of hydrogen-bond acceptors (Lipinski definition) is 2. The molecular weight excluding hydrogens is 239 g/mol. The van der Waals surface area contributed by atoms with E-state index in [2.05, 4.69) is 11.4 Å². The van der Waals surface area contributed by atoms with Gasteiger partial charge in [-0.25, -0.2) is 4.39 Å². The summed E-state index contributed by atoms with van der Waals surface area (Å²) in [6, 6.07) is 14.7. The van der Waals surface area contributed by atoms with Crippen LogP contribution in [0.25, 0.3) is 0 Å². The second-order valence-electron chi connectivity index (χ2n) is 4.61. The molecule has 0 aliphatic heterocycles. The van der Waals surface area contributed by atoms with Gasteiger partial charge in [-0.2, -0.15) is 0 Å². The molecule has 2 aromatic carbocycles. The van der Waals surface area contributed by atoms with Crippen LogP contribution in [0.3, 0.4) is 0 Å². The van der Waals surface area contributed by atoms with Crippen LogP contribution in [0.4, 0.5) is 15.8 Å². The van der Waals surface area contributed by atoms with Crippen LogP contribution in [0, 0.1) is 5.82 Å². The number of benzene rings is 2. The number of aryl methyl sites for hydroxylation is 1. The van der Waals surface area contributed by atoms with Crippen molar-refractivity contribution in [3.8, 4) is 0 Å². The molecule has 3 heteroatoms. The Morgan fingerprint density at radius 3 is 2.63 bits per heavy atom. The highest BCUT2D eigenvalue weighted by Crippen LogP contribution is 2.13. The Kier molecular flexibility index (Phi) is 4.78. The Morgan fingerprint density at radius 2 is 1.84 bits per heavy atom. The summed E-state index contributed by atoms with van der Waals surface area (Å²) in [5.41, 5.74) is 8.37. The molecule has 0 unspecified atom stereocenters. The summed E-state index contributed by atoms with van der Waals surface area (Å²) < 4.78 is 13.3. The van der Waals surface area contributed by atoms with E-state index in [0.717, 1.165) is 31.5 Å². The van der Waals surface area contributed by atoms with Crippen LogP contribution >= 0.6 is 0 Å². The van der Waals surface area contributed by atoms with Gasteiger partial charge in [0.05, 0.1) is 5.69 Å². The number of nitrogens with one attached hydrogen (secondary N) is 1. The Balaban J connectivity index is 1.69. The lowest BCUT2D eigenvalue weighted by Gasteiger charge is -2.07. The van der Waals surface area contributed by atoms with Gasteiger partial charge in [-0.15, -0.1) is 0 Å². The van der Waals surface area contributed by atoms with Crippen molar-refractivity contribution in [3.05, 3.63) is 59.9 Å². The summed E-state index contributed by atoms with van der Waals surface area (Å²) in [5, 5.41) is 3.11. The topological polar surface area (TPSA) is 38.0 Å². The van der Waals surface area contributed by atoms with Gasteiger partial charge >= 0.3 is 0 Å². The lowest BCUT2D eigenvalue weighted by molar-refractivity contribution is 0.629. The molecule has 0 aliphatic carbocycles. The molecule has 2 aromatic rings. The van der Waals surface area contributed by atoms with Crippen LogP contribution < -0.4 is 11.1 Å². The third kappa shape index (κ3) is 4.28. The zero-order valence-corrected chi connectivity index (χ0v) is 10.9. The molecule has 0 aromatic heterocycles. The molecule has 3 N–H and O–H groups in total. The minimum atomic E-state index is -0.196. The van der Waals surface area contributed by atoms with E-state index in [1.807, 2.05) is 24.3 Å². The van der Waals surface area contributed by atoms with Crippen molar-refractivity contribution in [2.24, 2.45) is 0 Å². The average Bonchev–Trinajstić information content (AvgIpc) is 2.40. The zero-order valence-electron chi connectivity index (χ0n) is 10.9. The van der Waals surface area contributed by atoms with E-state index in [4.69, 9.17) is 5.73 Å². The molecule has 2 rings (SSSR count). The molecular formula is C16H19FN2. The highest BCUT2D eigenvalue weighted by atomic mass is 19.1. The van der Waals surface area contributed by atoms with Crippen molar-refractivity contribution >= 4 is 11.4 Å². The number of unbranched alkanes of at least 4 members (excludes halogenated alkanes) is 1. The predicted molar refractivity (Wildman–Crippen MR) is 78.7 cm³/mol. The van der Waals surface area contributed by atoms with E-state index >= 15 is 0 Å². The average molecular weight is 258 g/mol. The molecule has 19 heavy (non-hydrogen) atoms. The number of rotatable bonds is 6. The fourth-order valence-corrected chi connectivity index (χ4v) is 2.03.